The Kier molecular flexibility index (Phi) is 10.7. The average molecular weight is 623 g/mol. The van der Waals surface area contributed by atoms with E-state index in [4.69, 9.17) is 0 Å². The van der Waals surface area contributed by atoms with Crippen LogP contribution in [0.25, 0.3) is 21.5 Å². The molecule has 0 saturated carbocycles. The monoisotopic (exact) mass is 622 g/mol. The molecule has 2 N–H and O–H groups in total. The van der Waals surface area contributed by atoms with Crippen molar-refractivity contribution in [2.45, 2.75) is 9.79 Å². The molecule has 0 aliphatic rings. The van der Waals surface area contributed by atoms with Gasteiger partial charge in [-0.05, 0) is 36.4 Å². The third-order valence-corrected chi connectivity index (χ3v) is 7.75. The Balaban J connectivity index is 0.00000242. The molecule has 0 aliphatic carbocycles. The summed E-state index contributed by atoms with van der Waals surface area (Å²) >= 11 is 0. The van der Waals surface area contributed by atoms with Crippen molar-refractivity contribution in [3.63, 3.8) is 0 Å². The van der Waals surface area contributed by atoms with Crippen LogP contribution in [0.15, 0.2) is 115 Å². The maximum Gasteiger partial charge on any atom is 1.00 e. The summed E-state index contributed by atoms with van der Waals surface area (Å²) in [5, 5.41) is 8.26. The van der Waals surface area contributed by atoms with E-state index in [1.165, 1.54) is 30.3 Å². The van der Waals surface area contributed by atoms with Crippen LogP contribution in [-0.2, 0) is 20.2 Å². The molecule has 0 amide bonds. The number of rotatable bonds is 6. The second-order valence-electron chi connectivity index (χ2n) is 8.43. The van der Waals surface area contributed by atoms with Crippen LogP contribution < -0.4 is 91.5 Å². The predicted octanol–water partition coefficient (Wildman–Crippen LogP) is -4.74. The van der Waals surface area contributed by atoms with Gasteiger partial charge in [0, 0.05) is 21.5 Å². The van der Waals surface area contributed by atoms with Crippen LogP contribution >= 0.6 is 0 Å². The van der Waals surface area contributed by atoms with Gasteiger partial charge in [-0.25, -0.2) is 16.8 Å². The van der Waals surface area contributed by atoms with E-state index in [9.17, 15) is 35.5 Å². The quantitative estimate of drug-likeness (QED) is 0.105. The molecule has 0 aromatic heterocycles. The summed E-state index contributed by atoms with van der Waals surface area (Å²) in [6.45, 7) is 0. The summed E-state index contributed by atoms with van der Waals surface area (Å²) < 4.78 is 69.7. The second kappa shape index (κ2) is 13.3. The molecule has 202 valence electrons. The zero-order valence-electron chi connectivity index (χ0n) is 22.1. The Morgan fingerprint density at radius 2 is 0.976 bits per heavy atom. The van der Waals surface area contributed by atoms with Crippen molar-refractivity contribution in [2.24, 2.45) is 10.2 Å². The van der Waals surface area contributed by atoms with E-state index in [0.717, 1.165) is 18.2 Å². The number of nitrogens with one attached hydrogen (secondary N) is 2. The number of benzene rings is 5. The maximum atomic E-state index is 13.0. The first-order valence-electron chi connectivity index (χ1n) is 11.3. The summed E-state index contributed by atoms with van der Waals surface area (Å²) in [5.41, 5.74) is 4.24. The van der Waals surface area contributed by atoms with E-state index in [0.29, 0.717) is 16.5 Å². The Bertz CT molecular complexity index is 2290. The normalized spacial score (nSPS) is 12.5. The van der Waals surface area contributed by atoms with Gasteiger partial charge in [-0.2, -0.15) is 10.2 Å². The van der Waals surface area contributed by atoms with Crippen LogP contribution in [-0.4, -0.2) is 25.9 Å². The van der Waals surface area contributed by atoms with Gasteiger partial charge in [0.1, 0.15) is 25.6 Å². The van der Waals surface area contributed by atoms with Gasteiger partial charge in [-0.15, -0.1) is 0 Å². The van der Waals surface area contributed by atoms with E-state index < -0.39 is 46.2 Å². The molecule has 5 rings (SSSR count). The van der Waals surface area contributed by atoms with Gasteiger partial charge in [0.05, 0.1) is 21.2 Å². The van der Waals surface area contributed by atoms with Gasteiger partial charge in [-0.3, -0.25) is 20.4 Å². The minimum atomic E-state index is -4.76. The van der Waals surface area contributed by atoms with Gasteiger partial charge in [0.25, 0.3) is 0 Å². The van der Waals surface area contributed by atoms with Gasteiger partial charge < -0.3 is 9.11 Å². The van der Waals surface area contributed by atoms with E-state index >= 15 is 0 Å². The first-order valence-corrected chi connectivity index (χ1v) is 14.2. The van der Waals surface area contributed by atoms with Crippen molar-refractivity contribution in [1.29, 1.82) is 0 Å². The molecule has 0 atom stereocenters. The Labute approximate surface area is 282 Å². The minimum Gasteiger partial charge on any atom is -0.744 e. The number of hydrogen-bond donors (Lipinski definition) is 2. The summed E-state index contributed by atoms with van der Waals surface area (Å²) in [7, 11) is -9.50. The predicted molar refractivity (Wildman–Crippen MR) is 144 cm³/mol. The largest absolute Gasteiger partial charge is 1.00 e. The van der Waals surface area contributed by atoms with Crippen LogP contribution in [0.2, 0.25) is 0 Å². The Morgan fingerprint density at radius 3 is 1.43 bits per heavy atom. The molecule has 0 unspecified atom stereocenters. The molecule has 16 heteroatoms. The molecule has 12 nitrogen and oxygen atoms in total. The molecule has 5 aromatic rings. The molecular formula is C26H16N4Na2O8S2. The molecule has 0 bridgehead atoms. The van der Waals surface area contributed by atoms with E-state index in [-0.39, 0.29) is 80.9 Å². The fraction of sp³-hybridized carbons (Fsp3) is 0. The number of hydrogen-bond acceptors (Lipinski definition) is 12. The van der Waals surface area contributed by atoms with Crippen molar-refractivity contribution in [3.8, 4) is 0 Å². The van der Waals surface area contributed by atoms with Gasteiger partial charge in [0.2, 0.25) is 10.9 Å². The molecule has 0 saturated heterocycles. The third-order valence-electron chi connectivity index (χ3n) is 5.97. The van der Waals surface area contributed by atoms with Crippen molar-refractivity contribution >= 4 is 53.2 Å². The van der Waals surface area contributed by atoms with Crippen LogP contribution in [0.1, 0.15) is 0 Å². The fourth-order valence-corrected chi connectivity index (χ4v) is 5.51. The first kappa shape index (κ1) is 33.7. The smallest absolute Gasteiger partial charge is 0.744 e. The fourth-order valence-electron chi connectivity index (χ4n) is 4.15. The number of nitrogens with zero attached hydrogens (tertiary/aromatic N) is 2. The van der Waals surface area contributed by atoms with E-state index in [1.54, 1.807) is 36.4 Å². The molecule has 42 heavy (non-hydrogen) atoms. The van der Waals surface area contributed by atoms with Gasteiger partial charge >= 0.3 is 59.1 Å². The minimum absolute atomic E-state index is 0. The molecule has 0 spiro atoms. The van der Waals surface area contributed by atoms with Crippen molar-refractivity contribution in [1.82, 2.24) is 0 Å². The number of fused-ring (bicyclic) bond motifs is 2. The van der Waals surface area contributed by atoms with Crippen molar-refractivity contribution < 1.29 is 85.1 Å². The summed E-state index contributed by atoms with van der Waals surface area (Å²) in [4.78, 5) is 24.6. The summed E-state index contributed by atoms with van der Waals surface area (Å²) in [5.74, 6) is 0. The molecular weight excluding hydrogens is 606 g/mol. The molecule has 0 heterocycles. The average Bonchev–Trinajstić information content (AvgIpc) is 2.91. The van der Waals surface area contributed by atoms with Crippen LogP contribution in [0, 0.1) is 0 Å². The second-order valence-corrected chi connectivity index (χ2v) is 11.1. The van der Waals surface area contributed by atoms with Gasteiger partial charge in [-0.1, -0.05) is 48.5 Å². The topological polar surface area (TPSA) is 197 Å². The zero-order valence-corrected chi connectivity index (χ0v) is 27.7. The standard InChI is InChI=1S/C26H18N4O8S2.2Na/c31-22-12-9-21(29-27-19-10-13-23(39(33,34)35)17-7-3-1-5-15(17)19)26(32)25(22)30-28-20-11-14-24(40(36,37)38)18-8-4-2-6-16(18)20;;/h1-14,27-28H,(H,33,34,35)(H,36,37,38);;/q;2*+1/p-2. The molecule has 0 radical (unpaired) electrons. The number of anilines is 2. The van der Waals surface area contributed by atoms with E-state index in [2.05, 4.69) is 21.1 Å². The van der Waals surface area contributed by atoms with E-state index in [1.807, 2.05) is 0 Å². The summed E-state index contributed by atoms with van der Waals surface area (Å²) in [6.07, 6.45) is 0. The molecule has 0 fully saturated rings. The van der Waals surface area contributed by atoms with Gasteiger partial charge in [0.15, 0.2) is 5.36 Å². The third kappa shape index (κ3) is 6.89. The van der Waals surface area contributed by atoms with Crippen LogP contribution in [0.5, 0.6) is 0 Å². The molecule has 5 aromatic carbocycles. The SMILES string of the molecule is O=c1ccc(=NNc2ccc(S(=O)(=O)[O-])c3ccccc23)c(=O)c1=NNc1ccc(S(=O)(=O)[O-])c2ccccc12.[Na+].[Na+]. The zero-order chi connectivity index (χ0) is 28.7. The van der Waals surface area contributed by atoms with Crippen LogP contribution in [0.3, 0.4) is 0 Å². The maximum absolute atomic E-state index is 13.0. The first-order chi connectivity index (χ1) is 18.9. The summed E-state index contributed by atoms with van der Waals surface area (Å²) in [6, 6.07) is 19.5. The van der Waals surface area contributed by atoms with Crippen LogP contribution in [0.4, 0.5) is 11.4 Å². The Morgan fingerprint density at radius 1 is 0.548 bits per heavy atom. The molecule has 0 aliphatic heterocycles. The Hall–Kier alpha value is -2.76. The van der Waals surface area contributed by atoms with Crippen molar-refractivity contribution in [3.05, 3.63) is 116 Å². The van der Waals surface area contributed by atoms with Crippen molar-refractivity contribution in [2.75, 3.05) is 10.9 Å².